The molecule has 0 saturated carbocycles. The van der Waals surface area contributed by atoms with Crippen molar-refractivity contribution in [2.75, 3.05) is 0 Å². The second-order valence-corrected chi connectivity index (χ2v) is 3.32. The summed E-state index contributed by atoms with van der Waals surface area (Å²) in [5.74, 6) is -1.65. The van der Waals surface area contributed by atoms with Gasteiger partial charge in [-0.2, -0.15) is 13.2 Å². The highest BCUT2D eigenvalue weighted by Crippen LogP contribution is 2.38. The van der Waals surface area contributed by atoms with Gasteiger partial charge in [-0.25, -0.2) is 4.79 Å². The van der Waals surface area contributed by atoms with Gasteiger partial charge in [-0.3, -0.25) is 10.1 Å². The molecule has 17 heavy (non-hydrogen) atoms. The standard InChI is InChI=1S/C8H3ClF3NO4/c9-5-2-4(8(10,11)12)6(13(16)17)1-3(5)7(14)15/h1-2H,(H,14,15). The topological polar surface area (TPSA) is 80.4 Å². The Morgan fingerprint density at radius 1 is 1.41 bits per heavy atom. The van der Waals surface area contributed by atoms with E-state index in [1.165, 1.54) is 0 Å². The van der Waals surface area contributed by atoms with Crippen molar-refractivity contribution in [2.24, 2.45) is 0 Å². The molecule has 92 valence electrons. The van der Waals surface area contributed by atoms with Crippen LogP contribution in [0.25, 0.3) is 0 Å². The van der Waals surface area contributed by atoms with Crippen molar-refractivity contribution < 1.29 is 28.0 Å². The third kappa shape index (κ3) is 2.64. The number of carbonyl (C=O) groups is 1. The molecule has 9 heteroatoms. The summed E-state index contributed by atoms with van der Waals surface area (Å²) in [7, 11) is 0. The predicted octanol–water partition coefficient (Wildman–Crippen LogP) is 2.97. The monoisotopic (exact) mass is 269 g/mol. The Kier molecular flexibility index (Phi) is 3.28. The van der Waals surface area contributed by atoms with Crippen molar-refractivity contribution in [1.82, 2.24) is 0 Å². The fourth-order valence-electron chi connectivity index (χ4n) is 1.10. The highest BCUT2D eigenvalue weighted by Gasteiger charge is 2.39. The summed E-state index contributed by atoms with van der Waals surface area (Å²) in [6.45, 7) is 0. The van der Waals surface area contributed by atoms with Gasteiger partial charge in [0.1, 0.15) is 5.56 Å². The molecule has 1 rings (SSSR count). The molecule has 1 aromatic carbocycles. The second kappa shape index (κ2) is 4.21. The first-order chi connectivity index (χ1) is 7.64. The number of hydrogen-bond acceptors (Lipinski definition) is 3. The maximum absolute atomic E-state index is 12.4. The van der Waals surface area contributed by atoms with E-state index in [1.54, 1.807) is 0 Å². The molecule has 0 unspecified atom stereocenters. The molecular weight excluding hydrogens is 267 g/mol. The minimum atomic E-state index is -4.98. The number of nitro benzene ring substituents is 1. The average Bonchev–Trinajstić information content (AvgIpc) is 2.14. The zero-order chi connectivity index (χ0) is 13.4. The predicted molar refractivity (Wildman–Crippen MR) is 50.1 cm³/mol. The Morgan fingerprint density at radius 2 is 1.94 bits per heavy atom. The smallest absolute Gasteiger partial charge is 0.423 e. The van der Waals surface area contributed by atoms with Crippen LogP contribution < -0.4 is 0 Å². The summed E-state index contributed by atoms with van der Waals surface area (Å²) in [6, 6.07) is 0.511. The molecule has 0 radical (unpaired) electrons. The number of carboxylic acids is 1. The molecule has 1 aromatic rings. The van der Waals surface area contributed by atoms with Crippen molar-refractivity contribution >= 4 is 23.3 Å². The summed E-state index contributed by atoms with van der Waals surface area (Å²) < 4.78 is 37.2. The lowest BCUT2D eigenvalue weighted by Crippen LogP contribution is -2.11. The lowest BCUT2D eigenvalue weighted by atomic mass is 10.1. The van der Waals surface area contributed by atoms with Crippen LogP contribution in [0.5, 0.6) is 0 Å². The molecule has 0 bridgehead atoms. The minimum Gasteiger partial charge on any atom is -0.478 e. The van der Waals surface area contributed by atoms with Gasteiger partial charge in [0.15, 0.2) is 0 Å². The number of rotatable bonds is 2. The van der Waals surface area contributed by atoms with Crippen LogP contribution in [0.2, 0.25) is 5.02 Å². The van der Waals surface area contributed by atoms with E-state index in [1.807, 2.05) is 0 Å². The third-order valence-electron chi connectivity index (χ3n) is 1.82. The normalized spacial score (nSPS) is 11.3. The van der Waals surface area contributed by atoms with E-state index in [2.05, 4.69) is 0 Å². The molecule has 0 fully saturated rings. The molecule has 0 atom stereocenters. The molecule has 1 N–H and O–H groups in total. The minimum absolute atomic E-state index is 0.225. The van der Waals surface area contributed by atoms with Gasteiger partial charge in [-0.1, -0.05) is 11.6 Å². The molecule has 0 amide bonds. The zero-order valence-corrected chi connectivity index (χ0v) is 8.54. The van der Waals surface area contributed by atoms with E-state index < -0.39 is 38.9 Å². The summed E-state index contributed by atoms with van der Waals surface area (Å²) >= 11 is 5.30. The van der Waals surface area contributed by atoms with E-state index in [0.717, 1.165) is 0 Å². The van der Waals surface area contributed by atoms with E-state index >= 15 is 0 Å². The maximum atomic E-state index is 12.4. The van der Waals surface area contributed by atoms with Crippen LogP contribution >= 0.6 is 11.6 Å². The lowest BCUT2D eigenvalue weighted by molar-refractivity contribution is -0.388. The Hall–Kier alpha value is -1.83. The van der Waals surface area contributed by atoms with Crippen molar-refractivity contribution in [3.05, 3.63) is 38.4 Å². The van der Waals surface area contributed by atoms with E-state index in [4.69, 9.17) is 16.7 Å². The number of benzene rings is 1. The van der Waals surface area contributed by atoms with Gasteiger partial charge in [0.25, 0.3) is 5.69 Å². The van der Waals surface area contributed by atoms with Crippen LogP contribution in [0.3, 0.4) is 0 Å². The molecular formula is C8H3ClF3NO4. The van der Waals surface area contributed by atoms with Crippen LogP contribution in [0.15, 0.2) is 12.1 Å². The maximum Gasteiger partial charge on any atom is 0.423 e. The van der Waals surface area contributed by atoms with Crippen molar-refractivity contribution in [2.45, 2.75) is 6.18 Å². The van der Waals surface area contributed by atoms with Gasteiger partial charge in [0.05, 0.1) is 15.5 Å². The number of nitro groups is 1. The summed E-state index contributed by atoms with van der Waals surface area (Å²) in [6.07, 6.45) is -4.98. The highest BCUT2D eigenvalue weighted by molar-refractivity contribution is 6.33. The lowest BCUT2D eigenvalue weighted by Gasteiger charge is -2.09. The fourth-order valence-corrected chi connectivity index (χ4v) is 1.35. The van der Waals surface area contributed by atoms with Gasteiger partial charge in [-0.05, 0) is 6.07 Å². The number of carboxylic acid groups (broad SMARTS) is 1. The third-order valence-corrected chi connectivity index (χ3v) is 2.13. The van der Waals surface area contributed by atoms with Gasteiger partial charge in [-0.15, -0.1) is 0 Å². The largest absolute Gasteiger partial charge is 0.478 e. The fraction of sp³-hybridized carbons (Fsp3) is 0.125. The van der Waals surface area contributed by atoms with Crippen molar-refractivity contribution in [3.63, 3.8) is 0 Å². The van der Waals surface area contributed by atoms with Gasteiger partial charge in [0.2, 0.25) is 0 Å². The molecule has 0 aliphatic heterocycles. The summed E-state index contributed by atoms with van der Waals surface area (Å²) in [5.41, 5.74) is -3.69. The van der Waals surface area contributed by atoms with Gasteiger partial charge in [0, 0.05) is 6.07 Å². The average molecular weight is 270 g/mol. The number of halogens is 4. The number of aromatic carboxylic acids is 1. The highest BCUT2D eigenvalue weighted by atomic mass is 35.5. The Morgan fingerprint density at radius 3 is 2.29 bits per heavy atom. The zero-order valence-electron chi connectivity index (χ0n) is 7.79. The van der Waals surface area contributed by atoms with Crippen molar-refractivity contribution in [3.8, 4) is 0 Å². The molecule has 0 aliphatic carbocycles. The Balaban J connectivity index is 3.58. The first-order valence-electron chi connectivity index (χ1n) is 3.93. The molecule has 0 aliphatic rings. The molecule has 0 saturated heterocycles. The molecule has 0 aromatic heterocycles. The second-order valence-electron chi connectivity index (χ2n) is 2.91. The first-order valence-corrected chi connectivity index (χ1v) is 4.31. The number of alkyl halides is 3. The molecule has 5 nitrogen and oxygen atoms in total. The van der Waals surface area contributed by atoms with Crippen LogP contribution in [-0.2, 0) is 6.18 Å². The van der Waals surface area contributed by atoms with E-state index in [-0.39, 0.29) is 12.1 Å². The first kappa shape index (κ1) is 13.2. The summed E-state index contributed by atoms with van der Waals surface area (Å²) in [5, 5.41) is 18.3. The van der Waals surface area contributed by atoms with Crippen LogP contribution in [-0.4, -0.2) is 16.0 Å². The number of nitrogens with zero attached hydrogens (tertiary/aromatic N) is 1. The SMILES string of the molecule is O=C(O)c1cc([N+](=O)[O-])c(C(F)(F)F)cc1Cl. The molecule has 0 heterocycles. The van der Waals surface area contributed by atoms with Crippen LogP contribution in [0.1, 0.15) is 15.9 Å². The Labute approximate surface area is 96.6 Å². The number of hydrogen-bond donors (Lipinski definition) is 1. The van der Waals surface area contributed by atoms with Gasteiger partial charge >= 0.3 is 12.1 Å². The van der Waals surface area contributed by atoms with E-state index in [0.29, 0.717) is 0 Å². The quantitative estimate of drug-likeness (QED) is 0.661. The van der Waals surface area contributed by atoms with Crippen molar-refractivity contribution in [1.29, 1.82) is 0 Å². The Bertz CT molecular complexity index is 500. The molecule has 0 spiro atoms. The van der Waals surface area contributed by atoms with Gasteiger partial charge < -0.3 is 5.11 Å². The van der Waals surface area contributed by atoms with Crippen LogP contribution in [0, 0.1) is 10.1 Å². The van der Waals surface area contributed by atoms with E-state index in [9.17, 15) is 28.1 Å². The summed E-state index contributed by atoms with van der Waals surface area (Å²) in [4.78, 5) is 19.7. The van der Waals surface area contributed by atoms with Crippen LogP contribution in [0.4, 0.5) is 18.9 Å².